The molecule has 0 fully saturated rings. The second-order valence-corrected chi connectivity index (χ2v) is 10.2. The number of sulfonamides is 1. The van der Waals surface area contributed by atoms with Gasteiger partial charge in [-0.3, -0.25) is 9.52 Å². The van der Waals surface area contributed by atoms with Gasteiger partial charge in [-0.05, 0) is 54.0 Å². The van der Waals surface area contributed by atoms with E-state index in [0.29, 0.717) is 17.2 Å². The Morgan fingerprint density at radius 3 is 2.14 bits per heavy atom. The lowest BCUT2D eigenvalue weighted by Crippen LogP contribution is -2.31. The van der Waals surface area contributed by atoms with Crippen LogP contribution in [0, 0.1) is 18.8 Å². The zero-order valence-corrected chi connectivity index (χ0v) is 18.9. The van der Waals surface area contributed by atoms with E-state index in [1.54, 1.807) is 25.1 Å². The van der Waals surface area contributed by atoms with Crippen LogP contribution in [0.15, 0.2) is 42.5 Å². The molecule has 29 heavy (non-hydrogen) atoms. The minimum Gasteiger partial charge on any atom is -0.345 e. The van der Waals surface area contributed by atoms with Crippen molar-refractivity contribution in [1.29, 1.82) is 0 Å². The molecule has 0 aliphatic rings. The smallest absolute Gasteiger partial charge is 0.251 e. The third-order valence-corrected chi connectivity index (χ3v) is 5.32. The van der Waals surface area contributed by atoms with Crippen LogP contribution < -0.4 is 10.0 Å². The summed E-state index contributed by atoms with van der Waals surface area (Å²) in [5, 5.41) is 3.10. The second kappa shape index (κ2) is 9.44. The van der Waals surface area contributed by atoms with Gasteiger partial charge in [-0.1, -0.05) is 58.0 Å². The maximum absolute atomic E-state index is 12.9. The van der Waals surface area contributed by atoms with E-state index in [0.717, 1.165) is 23.8 Å². The molecule has 2 rings (SSSR count). The normalized spacial score (nSPS) is 12.8. The highest BCUT2D eigenvalue weighted by molar-refractivity contribution is 7.92. The lowest BCUT2D eigenvalue weighted by molar-refractivity contribution is 0.0925. The van der Waals surface area contributed by atoms with Crippen molar-refractivity contribution in [2.45, 2.75) is 47.1 Å². The molecule has 0 spiro atoms. The number of hydrogen-bond donors (Lipinski definition) is 2. The van der Waals surface area contributed by atoms with Gasteiger partial charge in [-0.25, -0.2) is 8.42 Å². The van der Waals surface area contributed by atoms with Crippen LogP contribution in [0.3, 0.4) is 0 Å². The highest BCUT2D eigenvalue weighted by atomic mass is 32.2. The molecule has 5 nitrogen and oxygen atoms in total. The summed E-state index contributed by atoms with van der Waals surface area (Å²) < 4.78 is 25.6. The summed E-state index contributed by atoms with van der Waals surface area (Å²) in [4.78, 5) is 12.9. The fourth-order valence-electron chi connectivity index (χ4n) is 3.26. The minimum absolute atomic E-state index is 0.136. The standard InChI is InChI=1S/C23H32N2O3S/c1-15(2)13-18-8-11-19(12-9-18)22(16(3)4)24-23(26)20-10-7-17(5)21(14-20)25-29(6,27)28/h7-12,14-16,22,25H,13H2,1-6H3,(H,24,26). The van der Waals surface area contributed by atoms with Crippen molar-refractivity contribution in [2.24, 2.45) is 11.8 Å². The Morgan fingerprint density at radius 2 is 1.62 bits per heavy atom. The molecular formula is C23H32N2O3S. The SMILES string of the molecule is Cc1ccc(C(=O)NC(c2ccc(CC(C)C)cc2)C(C)C)cc1NS(C)(=O)=O. The quantitative estimate of drug-likeness (QED) is 0.655. The Kier molecular flexibility index (Phi) is 7.47. The van der Waals surface area contributed by atoms with E-state index in [-0.39, 0.29) is 17.9 Å². The highest BCUT2D eigenvalue weighted by Gasteiger charge is 2.20. The Bertz CT molecular complexity index is 949. The number of amides is 1. The lowest BCUT2D eigenvalue weighted by Gasteiger charge is -2.23. The van der Waals surface area contributed by atoms with Gasteiger partial charge in [0.1, 0.15) is 0 Å². The van der Waals surface area contributed by atoms with Gasteiger partial charge in [0.05, 0.1) is 18.0 Å². The van der Waals surface area contributed by atoms with Crippen LogP contribution in [-0.2, 0) is 16.4 Å². The molecule has 6 heteroatoms. The Morgan fingerprint density at radius 1 is 1.00 bits per heavy atom. The fraction of sp³-hybridized carbons (Fsp3) is 0.435. The summed E-state index contributed by atoms with van der Waals surface area (Å²) in [7, 11) is -3.42. The Hall–Kier alpha value is -2.34. The fourth-order valence-corrected chi connectivity index (χ4v) is 3.88. The molecule has 1 unspecified atom stereocenters. The summed E-state index contributed by atoms with van der Waals surface area (Å²) in [5.74, 6) is 0.568. The van der Waals surface area contributed by atoms with Gasteiger partial charge >= 0.3 is 0 Å². The highest BCUT2D eigenvalue weighted by Crippen LogP contribution is 2.24. The average molecular weight is 417 g/mol. The molecular weight excluding hydrogens is 384 g/mol. The largest absolute Gasteiger partial charge is 0.345 e. The molecule has 0 saturated carbocycles. The zero-order chi connectivity index (χ0) is 21.8. The number of carbonyl (C=O) groups excluding carboxylic acids is 1. The molecule has 2 aromatic rings. The molecule has 0 aliphatic heterocycles. The first-order chi connectivity index (χ1) is 13.5. The number of carbonyl (C=O) groups is 1. The van der Waals surface area contributed by atoms with E-state index < -0.39 is 10.0 Å². The van der Waals surface area contributed by atoms with Crippen molar-refractivity contribution in [3.63, 3.8) is 0 Å². The molecule has 1 atom stereocenters. The van der Waals surface area contributed by atoms with Gasteiger partial charge in [0, 0.05) is 5.56 Å². The maximum atomic E-state index is 12.9. The molecule has 0 heterocycles. The second-order valence-electron chi connectivity index (χ2n) is 8.44. The van der Waals surface area contributed by atoms with Crippen molar-refractivity contribution in [1.82, 2.24) is 5.32 Å². The molecule has 0 aromatic heterocycles. The third-order valence-electron chi connectivity index (χ3n) is 4.73. The Balaban J connectivity index is 2.23. The third kappa shape index (κ3) is 6.89. The number of benzene rings is 2. The summed E-state index contributed by atoms with van der Waals surface area (Å²) in [5.41, 5.74) is 3.94. The van der Waals surface area contributed by atoms with Gasteiger partial charge in [0.15, 0.2) is 0 Å². The molecule has 0 aliphatic carbocycles. The van der Waals surface area contributed by atoms with E-state index >= 15 is 0 Å². The van der Waals surface area contributed by atoms with Gasteiger partial charge in [-0.15, -0.1) is 0 Å². The van der Waals surface area contributed by atoms with Crippen LogP contribution in [0.4, 0.5) is 5.69 Å². The van der Waals surface area contributed by atoms with Gasteiger partial charge in [-0.2, -0.15) is 0 Å². The van der Waals surface area contributed by atoms with Gasteiger partial charge in [0.25, 0.3) is 5.91 Å². The van der Waals surface area contributed by atoms with Crippen LogP contribution in [-0.4, -0.2) is 20.6 Å². The first kappa shape index (κ1) is 22.9. The molecule has 1 amide bonds. The number of hydrogen-bond acceptors (Lipinski definition) is 3. The topological polar surface area (TPSA) is 75.3 Å². The average Bonchev–Trinajstić information content (AvgIpc) is 2.60. The Labute approximate surface area is 175 Å². The predicted octanol–water partition coefficient (Wildman–Crippen LogP) is 4.69. The van der Waals surface area contributed by atoms with Gasteiger partial charge in [0.2, 0.25) is 10.0 Å². The van der Waals surface area contributed by atoms with E-state index in [1.165, 1.54) is 5.56 Å². The first-order valence-corrected chi connectivity index (χ1v) is 11.8. The zero-order valence-electron chi connectivity index (χ0n) is 18.1. The molecule has 2 N–H and O–H groups in total. The van der Waals surface area contributed by atoms with Crippen LogP contribution >= 0.6 is 0 Å². The number of rotatable bonds is 8. The van der Waals surface area contributed by atoms with E-state index in [9.17, 15) is 13.2 Å². The van der Waals surface area contributed by atoms with E-state index in [1.807, 2.05) is 0 Å². The van der Waals surface area contributed by atoms with Crippen molar-refractivity contribution in [2.75, 3.05) is 11.0 Å². The van der Waals surface area contributed by atoms with Crippen LogP contribution in [0.1, 0.15) is 60.8 Å². The van der Waals surface area contributed by atoms with Crippen LogP contribution in [0.2, 0.25) is 0 Å². The lowest BCUT2D eigenvalue weighted by atomic mass is 9.93. The van der Waals surface area contributed by atoms with E-state index in [4.69, 9.17) is 0 Å². The van der Waals surface area contributed by atoms with Gasteiger partial charge < -0.3 is 5.32 Å². The molecule has 0 radical (unpaired) electrons. The maximum Gasteiger partial charge on any atom is 0.251 e. The summed E-state index contributed by atoms with van der Waals surface area (Å²) in [6, 6.07) is 13.3. The summed E-state index contributed by atoms with van der Waals surface area (Å²) in [6.07, 6.45) is 2.12. The van der Waals surface area contributed by atoms with Crippen molar-refractivity contribution in [3.8, 4) is 0 Å². The first-order valence-electron chi connectivity index (χ1n) is 9.94. The van der Waals surface area contributed by atoms with Crippen LogP contribution in [0.25, 0.3) is 0 Å². The molecule has 0 saturated heterocycles. The molecule has 158 valence electrons. The van der Waals surface area contributed by atoms with Crippen molar-refractivity contribution in [3.05, 3.63) is 64.7 Å². The van der Waals surface area contributed by atoms with Crippen molar-refractivity contribution < 1.29 is 13.2 Å². The number of anilines is 1. The summed E-state index contributed by atoms with van der Waals surface area (Å²) in [6.45, 7) is 10.3. The minimum atomic E-state index is -3.42. The monoisotopic (exact) mass is 416 g/mol. The predicted molar refractivity (Wildman–Crippen MR) is 120 cm³/mol. The number of aryl methyl sites for hydroxylation is 1. The van der Waals surface area contributed by atoms with E-state index in [2.05, 4.69) is 62.0 Å². The molecule has 2 aromatic carbocycles. The van der Waals surface area contributed by atoms with Crippen molar-refractivity contribution >= 4 is 21.6 Å². The number of nitrogens with one attached hydrogen (secondary N) is 2. The summed E-state index contributed by atoms with van der Waals surface area (Å²) >= 11 is 0. The van der Waals surface area contributed by atoms with Crippen LogP contribution in [0.5, 0.6) is 0 Å². The molecule has 0 bridgehead atoms.